The molecule has 0 unspecified atom stereocenters. The van der Waals surface area contributed by atoms with E-state index in [-0.39, 0.29) is 16.9 Å². The fraction of sp³-hybridized carbons (Fsp3) is 0.0476. The highest BCUT2D eigenvalue weighted by Crippen LogP contribution is 2.36. The number of anilines is 1. The molecule has 0 radical (unpaired) electrons. The average molecular weight is 387 g/mol. The molecule has 136 valence electrons. The minimum Gasteiger partial charge on any atom is -0.497 e. The summed E-state index contributed by atoms with van der Waals surface area (Å²) in [5.41, 5.74) is 1.83. The van der Waals surface area contributed by atoms with E-state index in [0.29, 0.717) is 21.5 Å². The van der Waals surface area contributed by atoms with Crippen molar-refractivity contribution in [2.24, 2.45) is 0 Å². The van der Waals surface area contributed by atoms with Gasteiger partial charge in [-0.1, -0.05) is 35.6 Å². The summed E-state index contributed by atoms with van der Waals surface area (Å²) in [4.78, 5) is 27.3. The molecule has 0 bridgehead atoms. The summed E-state index contributed by atoms with van der Waals surface area (Å²) in [5, 5.41) is 10.7. The van der Waals surface area contributed by atoms with Crippen LogP contribution in [0.2, 0.25) is 0 Å². The van der Waals surface area contributed by atoms with Gasteiger partial charge in [0.2, 0.25) is 5.13 Å². The van der Waals surface area contributed by atoms with Gasteiger partial charge in [-0.05, 0) is 41.8 Å². The van der Waals surface area contributed by atoms with Crippen molar-refractivity contribution in [3.05, 3.63) is 71.8 Å². The second-order valence-electron chi connectivity index (χ2n) is 6.27. The zero-order chi connectivity index (χ0) is 19.3. The number of hydrogen-bond donors (Lipinski definition) is 0. The third-order valence-electron chi connectivity index (χ3n) is 4.71. The Labute approximate surface area is 164 Å². The third kappa shape index (κ3) is 2.40. The highest BCUT2D eigenvalue weighted by atomic mass is 32.1. The van der Waals surface area contributed by atoms with Crippen LogP contribution < -0.4 is 9.64 Å². The number of rotatable bonds is 3. The molecule has 1 aliphatic rings. The first kappa shape index (κ1) is 16.6. The van der Waals surface area contributed by atoms with Crippen molar-refractivity contribution in [3.63, 3.8) is 0 Å². The molecule has 0 N–H and O–H groups in total. The van der Waals surface area contributed by atoms with Gasteiger partial charge in [0.05, 0.1) is 7.11 Å². The molecule has 0 atom stereocenters. The third-order valence-corrected chi connectivity index (χ3v) is 5.67. The summed E-state index contributed by atoms with van der Waals surface area (Å²) >= 11 is 1.20. The van der Waals surface area contributed by atoms with Gasteiger partial charge in [0.1, 0.15) is 10.8 Å². The molecule has 1 aliphatic heterocycles. The van der Waals surface area contributed by atoms with Crippen molar-refractivity contribution in [2.75, 3.05) is 12.0 Å². The lowest BCUT2D eigenvalue weighted by Crippen LogP contribution is -2.40. The van der Waals surface area contributed by atoms with E-state index in [2.05, 4.69) is 10.2 Å². The normalized spacial score (nSPS) is 13.2. The smallest absolute Gasteiger partial charge is 0.267 e. The number of imide groups is 1. The fourth-order valence-electron chi connectivity index (χ4n) is 3.36. The second-order valence-corrected chi connectivity index (χ2v) is 7.23. The van der Waals surface area contributed by atoms with Gasteiger partial charge in [0, 0.05) is 22.1 Å². The first-order valence-corrected chi connectivity index (χ1v) is 9.37. The van der Waals surface area contributed by atoms with E-state index >= 15 is 0 Å². The highest BCUT2D eigenvalue weighted by molar-refractivity contribution is 7.18. The van der Waals surface area contributed by atoms with E-state index in [1.807, 2.05) is 48.5 Å². The van der Waals surface area contributed by atoms with Crippen LogP contribution in [0.15, 0.2) is 60.7 Å². The van der Waals surface area contributed by atoms with Crippen molar-refractivity contribution in [1.82, 2.24) is 10.2 Å². The number of ether oxygens (including phenoxy) is 1. The molecule has 6 nitrogen and oxygen atoms in total. The van der Waals surface area contributed by atoms with Gasteiger partial charge in [-0.2, -0.15) is 0 Å². The number of carbonyl (C=O) groups is 2. The molecule has 1 aromatic heterocycles. The van der Waals surface area contributed by atoms with E-state index in [1.165, 1.54) is 11.3 Å². The van der Waals surface area contributed by atoms with E-state index in [4.69, 9.17) is 4.74 Å². The fourth-order valence-corrected chi connectivity index (χ4v) is 4.21. The Morgan fingerprint density at radius 1 is 0.857 bits per heavy atom. The van der Waals surface area contributed by atoms with Gasteiger partial charge < -0.3 is 4.74 Å². The molecule has 2 heterocycles. The van der Waals surface area contributed by atoms with Crippen LogP contribution >= 0.6 is 11.3 Å². The quantitative estimate of drug-likeness (QED) is 0.494. The summed E-state index contributed by atoms with van der Waals surface area (Å²) in [5.74, 6) is -0.0296. The van der Waals surface area contributed by atoms with Gasteiger partial charge in [-0.3, -0.25) is 9.59 Å². The van der Waals surface area contributed by atoms with Crippen LogP contribution in [-0.2, 0) is 0 Å². The standard InChI is InChI=1S/C21H13N3O3S/c1-27-14-10-8-13(9-11-14)18-22-23-21(28-18)24-19(25)15-6-2-4-12-5-3-7-16(17(12)15)20(24)26/h2-11H,1H3. The number of hydrogen-bond acceptors (Lipinski definition) is 6. The highest BCUT2D eigenvalue weighted by Gasteiger charge is 2.35. The minimum atomic E-state index is -0.383. The molecule has 0 aliphatic carbocycles. The first-order valence-electron chi connectivity index (χ1n) is 8.56. The van der Waals surface area contributed by atoms with E-state index in [0.717, 1.165) is 21.6 Å². The van der Waals surface area contributed by atoms with Crippen molar-refractivity contribution in [2.45, 2.75) is 0 Å². The van der Waals surface area contributed by atoms with Crippen LogP contribution in [-0.4, -0.2) is 29.1 Å². The number of amides is 2. The monoisotopic (exact) mass is 387 g/mol. The molecule has 0 spiro atoms. The van der Waals surface area contributed by atoms with Crippen molar-refractivity contribution in [3.8, 4) is 16.3 Å². The maximum atomic E-state index is 13.1. The molecule has 7 heteroatoms. The van der Waals surface area contributed by atoms with Crippen LogP contribution in [0.4, 0.5) is 5.13 Å². The lowest BCUT2D eigenvalue weighted by molar-refractivity contribution is 0.0893. The van der Waals surface area contributed by atoms with Gasteiger partial charge in [0.15, 0.2) is 0 Å². The summed E-state index contributed by atoms with van der Waals surface area (Å²) < 4.78 is 5.16. The summed E-state index contributed by atoms with van der Waals surface area (Å²) in [7, 11) is 1.60. The van der Waals surface area contributed by atoms with Gasteiger partial charge in [-0.25, -0.2) is 4.90 Å². The average Bonchev–Trinajstić information content (AvgIpc) is 3.22. The zero-order valence-electron chi connectivity index (χ0n) is 14.7. The number of methoxy groups -OCH3 is 1. The Kier molecular flexibility index (Phi) is 3.70. The maximum absolute atomic E-state index is 13.1. The molecule has 28 heavy (non-hydrogen) atoms. The predicted molar refractivity (Wildman–Crippen MR) is 107 cm³/mol. The van der Waals surface area contributed by atoms with E-state index in [9.17, 15) is 9.59 Å². The van der Waals surface area contributed by atoms with Crippen molar-refractivity contribution >= 4 is 39.1 Å². The van der Waals surface area contributed by atoms with E-state index in [1.54, 1.807) is 19.2 Å². The number of nitrogens with zero attached hydrogens (tertiary/aromatic N) is 3. The van der Waals surface area contributed by atoms with Crippen LogP contribution in [0, 0.1) is 0 Å². The first-order chi connectivity index (χ1) is 13.7. The molecule has 2 amide bonds. The Bertz CT molecular complexity index is 1200. The molecule has 0 fully saturated rings. The van der Waals surface area contributed by atoms with Gasteiger partial charge in [0.25, 0.3) is 11.8 Å². The largest absolute Gasteiger partial charge is 0.497 e. The lowest BCUT2D eigenvalue weighted by Gasteiger charge is -2.24. The van der Waals surface area contributed by atoms with Crippen LogP contribution in [0.25, 0.3) is 21.3 Å². The maximum Gasteiger partial charge on any atom is 0.267 e. The molecule has 3 aromatic carbocycles. The molecule has 4 aromatic rings. The minimum absolute atomic E-state index is 0.257. The van der Waals surface area contributed by atoms with Gasteiger partial charge >= 0.3 is 0 Å². The number of carbonyl (C=O) groups excluding carboxylic acids is 2. The summed E-state index contributed by atoms with van der Waals surface area (Å²) in [6.45, 7) is 0. The second kappa shape index (κ2) is 6.24. The lowest BCUT2D eigenvalue weighted by atomic mass is 9.94. The SMILES string of the molecule is COc1ccc(-c2nnc(N3C(=O)c4cccc5cccc(c45)C3=O)s2)cc1. The number of benzene rings is 3. The molecule has 5 rings (SSSR count). The van der Waals surface area contributed by atoms with Crippen molar-refractivity contribution in [1.29, 1.82) is 0 Å². The molecule has 0 saturated heterocycles. The van der Waals surface area contributed by atoms with Crippen LogP contribution in [0.5, 0.6) is 5.75 Å². The van der Waals surface area contributed by atoms with Gasteiger partial charge in [-0.15, -0.1) is 10.2 Å². The van der Waals surface area contributed by atoms with Crippen LogP contribution in [0.3, 0.4) is 0 Å². The Morgan fingerprint density at radius 2 is 1.50 bits per heavy atom. The van der Waals surface area contributed by atoms with Crippen molar-refractivity contribution < 1.29 is 14.3 Å². The summed E-state index contributed by atoms with van der Waals surface area (Å²) in [6, 6.07) is 18.3. The Morgan fingerprint density at radius 3 is 2.11 bits per heavy atom. The summed E-state index contributed by atoms with van der Waals surface area (Å²) in [6.07, 6.45) is 0. The topological polar surface area (TPSA) is 72.4 Å². The predicted octanol–water partition coefficient (Wildman–Crippen LogP) is 4.17. The Hall–Kier alpha value is -3.58. The molecular weight excluding hydrogens is 374 g/mol. The molecule has 0 saturated carbocycles. The van der Waals surface area contributed by atoms with E-state index < -0.39 is 0 Å². The molecular formula is C21H13N3O3S. The number of aromatic nitrogens is 2. The Balaban J connectivity index is 1.58. The zero-order valence-corrected chi connectivity index (χ0v) is 15.6. The van der Waals surface area contributed by atoms with Crippen LogP contribution in [0.1, 0.15) is 20.7 Å².